The number of aromatic amines is 1. The highest BCUT2D eigenvalue weighted by Gasteiger charge is 2.06. The third-order valence-electron chi connectivity index (χ3n) is 1.80. The maximum absolute atomic E-state index is 10.7. The highest BCUT2D eigenvalue weighted by molar-refractivity contribution is 5.50. The van der Waals surface area contributed by atoms with E-state index in [1.807, 2.05) is 6.20 Å². The van der Waals surface area contributed by atoms with Gasteiger partial charge in [0.15, 0.2) is 5.82 Å². The normalized spacial score (nSPS) is 10.6. The molecule has 0 unspecified atom stereocenters. The van der Waals surface area contributed by atoms with Crippen molar-refractivity contribution in [2.45, 2.75) is 19.9 Å². The fraction of sp³-hybridized carbons (Fsp3) is 0.375. The van der Waals surface area contributed by atoms with Gasteiger partial charge >= 0.3 is 5.76 Å². The number of hydrogen-bond donors (Lipinski definition) is 1. The maximum Gasteiger partial charge on any atom is 0.439 e. The predicted octanol–water partition coefficient (Wildman–Crippen LogP) is 0.636. The lowest BCUT2D eigenvalue weighted by molar-refractivity contribution is 0.388. The van der Waals surface area contributed by atoms with Gasteiger partial charge in [-0.15, -0.1) is 0 Å². The van der Waals surface area contributed by atoms with Crippen molar-refractivity contribution in [2.24, 2.45) is 0 Å². The summed E-state index contributed by atoms with van der Waals surface area (Å²) in [5.41, 5.74) is 0.754. The van der Waals surface area contributed by atoms with Gasteiger partial charge in [-0.25, -0.2) is 4.79 Å². The Morgan fingerprint density at radius 2 is 2.50 bits per heavy atom. The largest absolute Gasteiger partial charge is 0.439 e. The molecule has 2 rings (SSSR count). The van der Waals surface area contributed by atoms with Gasteiger partial charge in [0.1, 0.15) is 0 Å². The highest BCUT2D eigenvalue weighted by Crippen LogP contribution is 2.11. The first-order valence-electron chi connectivity index (χ1n) is 4.38. The second-order valence-electron chi connectivity index (χ2n) is 2.94. The van der Waals surface area contributed by atoms with E-state index in [0.29, 0.717) is 5.82 Å². The van der Waals surface area contributed by atoms with Gasteiger partial charge in [-0.2, -0.15) is 5.10 Å². The zero-order valence-corrected chi connectivity index (χ0v) is 7.73. The molecule has 2 aromatic heterocycles. The molecule has 0 atom stereocenters. The van der Waals surface area contributed by atoms with Crippen LogP contribution in [0.5, 0.6) is 0 Å². The molecule has 74 valence electrons. The number of nitrogens with one attached hydrogen (secondary N) is 1. The van der Waals surface area contributed by atoms with Gasteiger partial charge in [-0.1, -0.05) is 12.1 Å². The third kappa shape index (κ3) is 1.59. The SMILES string of the molecule is CCCn1cc(-c2noc(=O)[nH]2)cn1. The minimum Gasteiger partial charge on any atom is -0.296 e. The zero-order valence-electron chi connectivity index (χ0n) is 7.73. The topological polar surface area (TPSA) is 76.7 Å². The summed E-state index contributed by atoms with van der Waals surface area (Å²) in [6.45, 7) is 2.92. The van der Waals surface area contributed by atoms with Gasteiger partial charge in [0, 0.05) is 12.7 Å². The van der Waals surface area contributed by atoms with E-state index in [-0.39, 0.29) is 0 Å². The summed E-state index contributed by atoms with van der Waals surface area (Å²) in [4.78, 5) is 13.1. The monoisotopic (exact) mass is 194 g/mol. The molecule has 1 N–H and O–H groups in total. The molecule has 0 spiro atoms. The Labute approximate surface area is 79.5 Å². The Morgan fingerprint density at radius 3 is 3.14 bits per heavy atom. The third-order valence-corrected chi connectivity index (χ3v) is 1.80. The summed E-state index contributed by atoms with van der Waals surface area (Å²) in [5.74, 6) is -0.138. The van der Waals surface area contributed by atoms with Crippen molar-refractivity contribution >= 4 is 0 Å². The molecule has 6 nitrogen and oxygen atoms in total. The maximum atomic E-state index is 10.7. The summed E-state index contributed by atoms with van der Waals surface area (Å²) in [6.07, 6.45) is 4.47. The number of hydrogen-bond acceptors (Lipinski definition) is 4. The van der Waals surface area contributed by atoms with Crippen molar-refractivity contribution in [3.63, 3.8) is 0 Å². The average Bonchev–Trinajstić information content (AvgIpc) is 2.74. The van der Waals surface area contributed by atoms with Crippen molar-refractivity contribution in [1.82, 2.24) is 19.9 Å². The Kier molecular flexibility index (Phi) is 2.18. The second-order valence-corrected chi connectivity index (χ2v) is 2.94. The lowest BCUT2D eigenvalue weighted by Crippen LogP contribution is -1.96. The molecule has 0 aliphatic rings. The Morgan fingerprint density at radius 1 is 1.64 bits per heavy atom. The molecular weight excluding hydrogens is 184 g/mol. The molecule has 6 heteroatoms. The minimum atomic E-state index is -0.553. The fourth-order valence-corrected chi connectivity index (χ4v) is 1.19. The van der Waals surface area contributed by atoms with Crippen LogP contribution in [0.3, 0.4) is 0 Å². The predicted molar refractivity (Wildman–Crippen MR) is 48.6 cm³/mol. The van der Waals surface area contributed by atoms with Gasteiger partial charge in [0.25, 0.3) is 0 Å². The summed E-state index contributed by atoms with van der Waals surface area (Å²) >= 11 is 0. The van der Waals surface area contributed by atoms with E-state index in [1.165, 1.54) is 0 Å². The van der Waals surface area contributed by atoms with Crippen LogP contribution in [-0.4, -0.2) is 19.9 Å². The van der Waals surface area contributed by atoms with E-state index < -0.39 is 5.76 Å². The van der Waals surface area contributed by atoms with Crippen LogP contribution in [0, 0.1) is 0 Å². The Bertz CT molecular complexity index is 467. The van der Waals surface area contributed by atoms with Crippen molar-refractivity contribution in [2.75, 3.05) is 0 Å². The first-order chi connectivity index (χ1) is 6.79. The minimum absolute atomic E-state index is 0.414. The second kappa shape index (κ2) is 3.49. The van der Waals surface area contributed by atoms with Crippen molar-refractivity contribution in [1.29, 1.82) is 0 Å². The van der Waals surface area contributed by atoms with Gasteiger partial charge in [0.2, 0.25) is 0 Å². The summed E-state index contributed by atoms with van der Waals surface area (Å²) in [5, 5.41) is 7.67. The van der Waals surface area contributed by atoms with Crippen LogP contribution in [0.4, 0.5) is 0 Å². The molecule has 0 aliphatic heterocycles. The molecule has 0 radical (unpaired) electrons. The van der Waals surface area contributed by atoms with Crippen LogP contribution in [0.25, 0.3) is 11.4 Å². The van der Waals surface area contributed by atoms with Gasteiger partial charge < -0.3 is 0 Å². The van der Waals surface area contributed by atoms with E-state index in [9.17, 15) is 4.79 Å². The lowest BCUT2D eigenvalue weighted by Gasteiger charge is -1.93. The lowest BCUT2D eigenvalue weighted by atomic mass is 10.3. The quantitative estimate of drug-likeness (QED) is 0.777. The van der Waals surface area contributed by atoms with Gasteiger partial charge in [0.05, 0.1) is 11.8 Å². The molecule has 0 fully saturated rings. The molecule has 0 amide bonds. The average molecular weight is 194 g/mol. The fourth-order valence-electron chi connectivity index (χ4n) is 1.19. The van der Waals surface area contributed by atoms with Gasteiger partial charge in [-0.3, -0.25) is 14.2 Å². The van der Waals surface area contributed by atoms with Crippen LogP contribution in [0.2, 0.25) is 0 Å². The highest BCUT2D eigenvalue weighted by atomic mass is 16.5. The zero-order chi connectivity index (χ0) is 9.97. The van der Waals surface area contributed by atoms with Crippen molar-refractivity contribution in [3.8, 4) is 11.4 Å². The first-order valence-corrected chi connectivity index (χ1v) is 4.38. The number of aryl methyl sites for hydroxylation is 1. The Balaban J connectivity index is 2.28. The number of H-pyrrole nitrogens is 1. The molecular formula is C8H10N4O2. The van der Waals surface area contributed by atoms with Crippen LogP contribution in [0.15, 0.2) is 21.7 Å². The molecule has 2 heterocycles. The van der Waals surface area contributed by atoms with E-state index in [4.69, 9.17) is 0 Å². The number of nitrogens with zero attached hydrogens (tertiary/aromatic N) is 3. The van der Waals surface area contributed by atoms with Crippen molar-refractivity contribution in [3.05, 3.63) is 22.9 Å². The number of aromatic nitrogens is 4. The van der Waals surface area contributed by atoms with E-state index in [2.05, 4.69) is 26.7 Å². The molecule has 0 bridgehead atoms. The van der Waals surface area contributed by atoms with E-state index in [1.54, 1.807) is 10.9 Å². The van der Waals surface area contributed by atoms with Crippen LogP contribution < -0.4 is 5.76 Å². The van der Waals surface area contributed by atoms with Crippen LogP contribution in [0.1, 0.15) is 13.3 Å². The van der Waals surface area contributed by atoms with Gasteiger partial charge in [-0.05, 0) is 6.42 Å². The van der Waals surface area contributed by atoms with Crippen LogP contribution in [-0.2, 0) is 6.54 Å². The first kappa shape index (κ1) is 8.74. The molecule has 0 saturated heterocycles. The molecule has 2 aromatic rings. The smallest absolute Gasteiger partial charge is 0.296 e. The summed E-state index contributed by atoms with van der Waals surface area (Å²) in [7, 11) is 0. The van der Waals surface area contributed by atoms with E-state index in [0.717, 1.165) is 18.5 Å². The summed E-state index contributed by atoms with van der Waals surface area (Å²) < 4.78 is 6.18. The van der Waals surface area contributed by atoms with E-state index >= 15 is 0 Å². The van der Waals surface area contributed by atoms with Crippen molar-refractivity contribution < 1.29 is 4.52 Å². The molecule has 0 aromatic carbocycles. The molecule has 0 saturated carbocycles. The molecule has 0 aliphatic carbocycles. The summed E-state index contributed by atoms with van der Waals surface area (Å²) in [6, 6.07) is 0. The Hall–Kier alpha value is -1.85. The standard InChI is InChI=1S/C8H10N4O2/c1-2-3-12-5-6(4-9-12)7-10-8(13)14-11-7/h4-5H,2-3H2,1H3,(H,10,11,13). The molecule has 14 heavy (non-hydrogen) atoms. The number of rotatable bonds is 3. The van der Waals surface area contributed by atoms with Crippen LogP contribution >= 0.6 is 0 Å².